The van der Waals surface area contributed by atoms with Crippen LogP contribution in [0.25, 0.3) is 0 Å². The van der Waals surface area contributed by atoms with E-state index in [-0.39, 0.29) is 18.0 Å². The second-order valence-electron chi connectivity index (χ2n) is 6.06. The molecule has 2 aromatic rings. The van der Waals surface area contributed by atoms with Gasteiger partial charge < -0.3 is 4.90 Å². The summed E-state index contributed by atoms with van der Waals surface area (Å²) in [6.07, 6.45) is 9.31. The minimum Gasteiger partial charge on any atom is -0.325 e. The van der Waals surface area contributed by atoms with E-state index in [9.17, 15) is 4.79 Å². The smallest absolute Gasteiger partial charge is 0.247 e. The van der Waals surface area contributed by atoms with Gasteiger partial charge in [0.1, 0.15) is 0 Å². The molecule has 0 aliphatic carbocycles. The third-order valence-electron chi connectivity index (χ3n) is 4.55. The maximum absolute atomic E-state index is 12.9. The van der Waals surface area contributed by atoms with E-state index in [1.165, 1.54) is 11.1 Å². The Morgan fingerprint density at radius 2 is 1.38 bits per heavy atom. The third-order valence-corrected chi connectivity index (χ3v) is 4.55. The highest BCUT2D eigenvalue weighted by molar-refractivity contribution is 5.89. The Bertz CT molecular complexity index is 671. The van der Waals surface area contributed by atoms with E-state index in [2.05, 4.69) is 24.3 Å². The van der Waals surface area contributed by atoms with Gasteiger partial charge in [0.15, 0.2) is 0 Å². The average Bonchev–Trinajstić information content (AvgIpc) is 3.08. The molecule has 1 aliphatic heterocycles. The Labute approximate surface area is 144 Å². The highest BCUT2D eigenvalue weighted by Crippen LogP contribution is 2.44. The molecule has 122 valence electrons. The van der Waals surface area contributed by atoms with Crippen LogP contribution in [0.1, 0.15) is 43.0 Å². The van der Waals surface area contributed by atoms with Gasteiger partial charge in [-0.15, -0.1) is 0 Å². The van der Waals surface area contributed by atoms with Crippen molar-refractivity contribution in [3.8, 4) is 0 Å². The molecular formula is C22H23NO. The van der Waals surface area contributed by atoms with Gasteiger partial charge in [0.25, 0.3) is 0 Å². The molecule has 0 unspecified atom stereocenters. The first-order chi connectivity index (χ1) is 11.8. The lowest BCUT2D eigenvalue weighted by Gasteiger charge is -2.30. The highest BCUT2D eigenvalue weighted by Gasteiger charge is 2.37. The summed E-state index contributed by atoms with van der Waals surface area (Å²) in [5.74, 6) is 0.0771. The Hall–Kier alpha value is -2.61. The van der Waals surface area contributed by atoms with Crippen LogP contribution in [0, 0.1) is 0 Å². The molecule has 1 fully saturated rings. The van der Waals surface area contributed by atoms with E-state index in [1.807, 2.05) is 66.4 Å². The van der Waals surface area contributed by atoms with Crippen molar-refractivity contribution in [2.75, 3.05) is 0 Å². The van der Waals surface area contributed by atoms with Crippen molar-refractivity contribution in [3.63, 3.8) is 0 Å². The SMILES string of the molecule is C/C=C/C=C\C(=O)N1[C@H](c2ccccc2)CC[C@H]1c1ccccc1. The lowest BCUT2D eigenvalue weighted by Crippen LogP contribution is -2.31. The monoisotopic (exact) mass is 317 g/mol. The molecule has 0 radical (unpaired) electrons. The lowest BCUT2D eigenvalue weighted by atomic mass is 10.0. The van der Waals surface area contributed by atoms with Crippen LogP contribution < -0.4 is 0 Å². The van der Waals surface area contributed by atoms with Crippen LogP contribution in [-0.4, -0.2) is 10.8 Å². The highest BCUT2D eigenvalue weighted by atomic mass is 16.2. The fourth-order valence-corrected chi connectivity index (χ4v) is 3.46. The van der Waals surface area contributed by atoms with Gasteiger partial charge in [0.05, 0.1) is 12.1 Å². The number of rotatable bonds is 4. The molecular weight excluding hydrogens is 294 g/mol. The summed E-state index contributed by atoms with van der Waals surface area (Å²) < 4.78 is 0. The number of nitrogens with zero attached hydrogens (tertiary/aromatic N) is 1. The largest absolute Gasteiger partial charge is 0.325 e. The van der Waals surface area contributed by atoms with Gasteiger partial charge in [0.2, 0.25) is 5.91 Å². The topological polar surface area (TPSA) is 20.3 Å². The van der Waals surface area contributed by atoms with E-state index in [4.69, 9.17) is 0 Å². The number of likely N-dealkylation sites (tertiary alicyclic amines) is 1. The van der Waals surface area contributed by atoms with Gasteiger partial charge in [-0.2, -0.15) is 0 Å². The second kappa shape index (κ2) is 7.78. The first kappa shape index (κ1) is 16.3. The van der Waals surface area contributed by atoms with Crippen molar-refractivity contribution in [3.05, 3.63) is 96.1 Å². The summed E-state index contributed by atoms with van der Waals surface area (Å²) in [6, 6.07) is 21.0. The third kappa shape index (κ3) is 3.48. The summed E-state index contributed by atoms with van der Waals surface area (Å²) in [5.41, 5.74) is 2.42. The summed E-state index contributed by atoms with van der Waals surface area (Å²) in [5, 5.41) is 0. The van der Waals surface area contributed by atoms with E-state index >= 15 is 0 Å². The van der Waals surface area contributed by atoms with Gasteiger partial charge in [0, 0.05) is 6.08 Å². The molecule has 0 saturated carbocycles. The first-order valence-corrected chi connectivity index (χ1v) is 8.53. The molecule has 2 atom stereocenters. The van der Waals surface area contributed by atoms with Crippen LogP contribution in [-0.2, 0) is 4.79 Å². The summed E-state index contributed by atoms with van der Waals surface area (Å²) >= 11 is 0. The van der Waals surface area contributed by atoms with Crippen molar-refractivity contribution in [1.82, 2.24) is 4.90 Å². The first-order valence-electron chi connectivity index (χ1n) is 8.53. The number of carbonyl (C=O) groups is 1. The molecule has 0 bridgehead atoms. The number of allylic oxidation sites excluding steroid dienone is 3. The van der Waals surface area contributed by atoms with Crippen molar-refractivity contribution < 1.29 is 4.79 Å². The van der Waals surface area contributed by atoms with Crippen LogP contribution in [0.3, 0.4) is 0 Å². The molecule has 1 heterocycles. The van der Waals surface area contributed by atoms with E-state index in [0.29, 0.717) is 0 Å². The zero-order valence-corrected chi connectivity index (χ0v) is 14.0. The van der Waals surface area contributed by atoms with E-state index in [0.717, 1.165) is 12.8 Å². The van der Waals surface area contributed by atoms with E-state index < -0.39 is 0 Å². The Morgan fingerprint density at radius 3 is 1.83 bits per heavy atom. The summed E-state index contributed by atoms with van der Waals surface area (Å²) in [6.45, 7) is 1.95. The number of hydrogen-bond acceptors (Lipinski definition) is 1. The molecule has 1 amide bonds. The summed E-state index contributed by atoms with van der Waals surface area (Å²) in [4.78, 5) is 14.9. The quantitative estimate of drug-likeness (QED) is 0.559. The van der Waals surface area contributed by atoms with Gasteiger partial charge in [-0.3, -0.25) is 4.79 Å². The average molecular weight is 317 g/mol. The molecule has 2 nitrogen and oxygen atoms in total. The maximum atomic E-state index is 12.9. The Balaban J connectivity index is 1.94. The summed E-state index contributed by atoms with van der Waals surface area (Å²) in [7, 11) is 0. The fraction of sp³-hybridized carbons (Fsp3) is 0.227. The number of amides is 1. The molecule has 0 N–H and O–H groups in total. The maximum Gasteiger partial charge on any atom is 0.247 e. The molecule has 24 heavy (non-hydrogen) atoms. The predicted molar refractivity (Wildman–Crippen MR) is 98.4 cm³/mol. The van der Waals surface area contributed by atoms with Crippen molar-refractivity contribution in [1.29, 1.82) is 0 Å². The molecule has 0 spiro atoms. The van der Waals surface area contributed by atoms with Crippen molar-refractivity contribution in [2.45, 2.75) is 31.8 Å². The molecule has 3 rings (SSSR count). The molecule has 1 aliphatic rings. The van der Waals surface area contributed by atoms with Gasteiger partial charge in [-0.05, 0) is 30.9 Å². The van der Waals surface area contributed by atoms with Crippen LogP contribution >= 0.6 is 0 Å². The van der Waals surface area contributed by atoms with Gasteiger partial charge in [-0.25, -0.2) is 0 Å². The minimum atomic E-state index is 0.0771. The molecule has 1 saturated heterocycles. The standard InChI is InChI=1S/C22H23NO/c1-2-3-6-15-22(24)23-20(18-11-7-4-8-12-18)16-17-21(23)19-13-9-5-10-14-19/h2-15,20-21H,16-17H2,1H3/b3-2+,15-6-/t20-,21-/m0/s1. The van der Waals surface area contributed by atoms with Crippen molar-refractivity contribution >= 4 is 5.91 Å². The zero-order valence-electron chi connectivity index (χ0n) is 14.0. The van der Waals surface area contributed by atoms with Crippen molar-refractivity contribution in [2.24, 2.45) is 0 Å². The van der Waals surface area contributed by atoms with Crippen LogP contribution in [0.5, 0.6) is 0 Å². The zero-order chi connectivity index (χ0) is 16.8. The van der Waals surface area contributed by atoms with Gasteiger partial charge >= 0.3 is 0 Å². The van der Waals surface area contributed by atoms with E-state index in [1.54, 1.807) is 6.08 Å². The lowest BCUT2D eigenvalue weighted by molar-refractivity contribution is -0.129. The Kier molecular flexibility index (Phi) is 5.27. The van der Waals surface area contributed by atoms with Crippen LogP contribution in [0.15, 0.2) is 85.0 Å². The number of hydrogen-bond donors (Lipinski definition) is 0. The van der Waals surface area contributed by atoms with Crippen LogP contribution in [0.2, 0.25) is 0 Å². The Morgan fingerprint density at radius 1 is 0.875 bits per heavy atom. The fourth-order valence-electron chi connectivity index (χ4n) is 3.46. The van der Waals surface area contributed by atoms with Gasteiger partial charge in [-0.1, -0.05) is 78.9 Å². The predicted octanol–water partition coefficient (Wildman–Crippen LogP) is 5.22. The second-order valence-corrected chi connectivity index (χ2v) is 6.06. The normalized spacial score (nSPS) is 21.0. The minimum absolute atomic E-state index is 0.0771. The van der Waals surface area contributed by atoms with Crippen LogP contribution in [0.4, 0.5) is 0 Å². The molecule has 2 heteroatoms. The number of carbonyl (C=O) groups excluding carboxylic acids is 1. The molecule has 0 aromatic heterocycles. The molecule has 2 aromatic carbocycles. The number of benzene rings is 2.